The second-order valence-corrected chi connectivity index (χ2v) is 6.85. The summed E-state index contributed by atoms with van der Waals surface area (Å²) in [7, 11) is 0. The van der Waals surface area contributed by atoms with Crippen molar-refractivity contribution in [2.75, 3.05) is 0 Å². The zero-order valence-corrected chi connectivity index (χ0v) is 15.8. The van der Waals surface area contributed by atoms with Gasteiger partial charge in [-0.25, -0.2) is 14.6 Å². The van der Waals surface area contributed by atoms with E-state index in [0.717, 1.165) is 28.9 Å². The van der Waals surface area contributed by atoms with E-state index in [4.69, 9.17) is 11.6 Å². The molecule has 0 saturated carbocycles. The minimum atomic E-state index is -4.84. The zero-order valence-electron chi connectivity index (χ0n) is 13.5. The van der Waals surface area contributed by atoms with Gasteiger partial charge in [0, 0.05) is 12.4 Å². The highest BCUT2D eigenvalue weighted by Crippen LogP contribution is 2.37. The van der Waals surface area contributed by atoms with E-state index < -0.39 is 28.6 Å². The van der Waals surface area contributed by atoms with Crippen LogP contribution in [0.3, 0.4) is 0 Å². The van der Waals surface area contributed by atoms with Gasteiger partial charge >= 0.3 is 12.4 Å². The molecular weight excluding hydrogens is 478 g/mol. The standard InChI is InChI=1S/C16H8BrClF6N4/c17-9-6-25-12(26-7-9)5-11-13(18)14(16(22,23)24)27-28(11)10-3-1-8(2-4-10)15(19,20)21/h1-4,6-7H,5H2. The van der Waals surface area contributed by atoms with E-state index in [1.165, 1.54) is 12.4 Å². The Morgan fingerprint density at radius 2 is 1.50 bits per heavy atom. The van der Waals surface area contributed by atoms with E-state index in [1.54, 1.807) is 0 Å². The summed E-state index contributed by atoms with van der Waals surface area (Å²) < 4.78 is 79.3. The second-order valence-electron chi connectivity index (χ2n) is 5.56. The lowest BCUT2D eigenvalue weighted by atomic mass is 10.2. The Morgan fingerprint density at radius 1 is 0.929 bits per heavy atom. The topological polar surface area (TPSA) is 43.6 Å². The molecule has 0 spiro atoms. The molecule has 28 heavy (non-hydrogen) atoms. The summed E-state index contributed by atoms with van der Waals surface area (Å²) in [5, 5.41) is 2.80. The van der Waals surface area contributed by atoms with E-state index in [9.17, 15) is 26.3 Å². The lowest BCUT2D eigenvalue weighted by Gasteiger charge is -2.10. The van der Waals surface area contributed by atoms with Gasteiger partial charge in [0.1, 0.15) is 5.82 Å². The fourth-order valence-corrected chi connectivity index (χ4v) is 2.85. The van der Waals surface area contributed by atoms with Crippen LogP contribution in [-0.2, 0) is 18.8 Å². The van der Waals surface area contributed by atoms with Crippen LogP contribution in [0, 0.1) is 0 Å². The van der Waals surface area contributed by atoms with Crippen molar-refractivity contribution in [3.63, 3.8) is 0 Å². The average molecular weight is 486 g/mol. The second kappa shape index (κ2) is 7.36. The summed E-state index contributed by atoms with van der Waals surface area (Å²) in [4.78, 5) is 7.96. The third kappa shape index (κ3) is 4.30. The quantitative estimate of drug-likeness (QED) is 0.447. The van der Waals surface area contributed by atoms with Crippen LogP contribution in [0.1, 0.15) is 22.8 Å². The number of aromatic nitrogens is 4. The maximum absolute atomic E-state index is 13.2. The van der Waals surface area contributed by atoms with Crippen LogP contribution < -0.4 is 0 Å². The van der Waals surface area contributed by atoms with Gasteiger partial charge in [-0.2, -0.15) is 31.4 Å². The Labute approximate surface area is 167 Å². The van der Waals surface area contributed by atoms with Crippen LogP contribution >= 0.6 is 27.5 Å². The predicted molar refractivity (Wildman–Crippen MR) is 91.1 cm³/mol. The molecule has 0 radical (unpaired) electrons. The number of alkyl halides is 6. The fourth-order valence-electron chi connectivity index (χ4n) is 2.35. The summed E-state index contributed by atoms with van der Waals surface area (Å²) >= 11 is 9.04. The smallest absolute Gasteiger partial charge is 0.240 e. The van der Waals surface area contributed by atoms with Crippen LogP contribution in [0.2, 0.25) is 5.02 Å². The van der Waals surface area contributed by atoms with Crippen LogP contribution in [0.4, 0.5) is 26.3 Å². The van der Waals surface area contributed by atoms with Gasteiger partial charge < -0.3 is 0 Å². The third-order valence-corrected chi connectivity index (χ3v) is 4.43. The van der Waals surface area contributed by atoms with E-state index >= 15 is 0 Å². The summed E-state index contributed by atoms with van der Waals surface area (Å²) in [6.07, 6.45) is -6.83. The Bertz CT molecular complexity index is 981. The maximum Gasteiger partial charge on any atom is 0.436 e. The molecule has 0 N–H and O–H groups in total. The highest BCUT2D eigenvalue weighted by atomic mass is 79.9. The maximum atomic E-state index is 13.2. The Morgan fingerprint density at radius 3 is 2.00 bits per heavy atom. The first-order chi connectivity index (χ1) is 13.0. The molecule has 0 aliphatic rings. The summed E-state index contributed by atoms with van der Waals surface area (Å²) in [5.41, 5.74) is -2.40. The van der Waals surface area contributed by atoms with E-state index in [-0.39, 0.29) is 23.6 Å². The van der Waals surface area contributed by atoms with Gasteiger partial charge in [0.25, 0.3) is 0 Å². The van der Waals surface area contributed by atoms with Crippen molar-refractivity contribution < 1.29 is 26.3 Å². The average Bonchev–Trinajstić information content (AvgIpc) is 2.93. The number of rotatable bonds is 3. The number of benzene rings is 1. The number of nitrogens with zero attached hydrogens (tertiary/aromatic N) is 4. The fraction of sp³-hybridized carbons (Fsp3) is 0.188. The Hall–Kier alpha value is -2.14. The van der Waals surface area contributed by atoms with Crippen molar-refractivity contribution in [3.8, 4) is 5.69 Å². The molecule has 0 amide bonds. The van der Waals surface area contributed by atoms with Gasteiger partial charge in [-0.1, -0.05) is 11.6 Å². The predicted octanol–water partition coefficient (Wildman–Crippen LogP) is 5.71. The molecule has 3 aromatic rings. The number of hydrogen-bond acceptors (Lipinski definition) is 3. The molecule has 1 aromatic carbocycles. The monoisotopic (exact) mass is 484 g/mol. The van der Waals surface area contributed by atoms with Crippen LogP contribution in [-0.4, -0.2) is 19.7 Å². The normalized spacial score (nSPS) is 12.4. The van der Waals surface area contributed by atoms with Crippen molar-refractivity contribution in [1.29, 1.82) is 0 Å². The van der Waals surface area contributed by atoms with Crippen LogP contribution in [0.5, 0.6) is 0 Å². The van der Waals surface area contributed by atoms with Gasteiger partial charge in [-0.3, -0.25) is 0 Å². The van der Waals surface area contributed by atoms with E-state index in [0.29, 0.717) is 4.47 Å². The first kappa shape index (κ1) is 20.6. The molecule has 12 heteroatoms. The summed E-state index contributed by atoms with van der Waals surface area (Å²) in [6.45, 7) is 0. The largest absolute Gasteiger partial charge is 0.436 e. The molecule has 2 aromatic heterocycles. The SMILES string of the molecule is FC(F)(F)c1ccc(-n2nc(C(F)(F)F)c(Cl)c2Cc2ncc(Br)cn2)cc1. The Balaban J connectivity index is 2.10. The van der Waals surface area contributed by atoms with Gasteiger partial charge in [0.15, 0.2) is 5.69 Å². The van der Waals surface area contributed by atoms with Gasteiger partial charge in [-0.05, 0) is 40.2 Å². The summed E-state index contributed by atoms with van der Waals surface area (Å²) in [6, 6.07) is 3.52. The highest BCUT2D eigenvalue weighted by Gasteiger charge is 2.39. The van der Waals surface area contributed by atoms with Gasteiger partial charge in [-0.15, -0.1) is 0 Å². The molecule has 148 valence electrons. The highest BCUT2D eigenvalue weighted by molar-refractivity contribution is 9.10. The van der Waals surface area contributed by atoms with Crippen molar-refractivity contribution in [1.82, 2.24) is 19.7 Å². The first-order valence-electron chi connectivity index (χ1n) is 7.45. The lowest BCUT2D eigenvalue weighted by Crippen LogP contribution is -2.09. The number of hydrogen-bond donors (Lipinski definition) is 0. The van der Waals surface area contributed by atoms with Crippen molar-refractivity contribution in [3.05, 3.63) is 68.9 Å². The molecule has 0 atom stereocenters. The molecule has 0 saturated heterocycles. The molecule has 0 fully saturated rings. The molecule has 2 heterocycles. The minimum absolute atomic E-state index is 0.0162. The summed E-state index contributed by atoms with van der Waals surface area (Å²) in [5.74, 6) is 0.159. The third-order valence-electron chi connectivity index (χ3n) is 3.62. The molecular formula is C16H8BrClF6N4. The molecule has 0 aliphatic heterocycles. The molecule has 3 rings (SSSR count). The van der Waals surface area contributed by atoms with Crippen molar-refractivity contribution >= 4 is 27.5 Å². The van der Waals surface area contributed by atoms with Crippen molar-refractivity contribution in [2.24, 2.45) is 0 Å². The first-order valence-corrected chi connectivity index (χ1v) is 8.62. The minimum Gasteiger partial charge on any atom is -0.240 e. The van der Waals surface area contributed by atoms with E-state index in [2.05, 4.69) is 31.0 Å². The lowest BCUT2D eigenvalue weighted by molar-refractivity contribution is -0.141. The van der Waals surface area contributed by atoms with E-state index in [1.807, 2.05) is 0 Å². The van der Waals surface area contributed by atoms with Gasteiger partial charge in [0.2, 0.25) is 0 Å². The van der Waals surface area contributed by atoms with Crippen molar-refractivity contribution in [2.45, 2.75) is 18.8 Å². The van der Waals surface area contributed by atoms with Crippen LogP contribution in [0.25, 0.3) is 5.69 Å². The zero-order chi connectivity index (χ0) is 20.7. The number of halogens is 8. The van der Waals surface area contributed by atoms with Crippen LogP contribution in [0.15, 0.2) is 41.1 Å². The molecule has 0 aliphatic carbocycles. The Kier molecular flexibility index (Phi) is 5.41. The molecule has 0 bridgehead atoms. The molecule has 4 nitrogen and oxygen atoms in total. The molecule has 0 unspecified atom stereocenters. The van der Waals surface area contributed by atoms with Gasteiger partial charge in [0.05, 0.1) is 32.9 Å².